The van der Waals surface area contributed by atoms with Gasteiger partial charge in [-0.15, -0.1) is 10.2 Å². The summed E-state index contributed by atoms with van der Waals surface area (Å²) < 4.78 is 5.08. The first-order valence-corrected chi connectivity index (χ1v) is 5.25. The molecule has 1 aromatic carbocycles. The van der Waals surface area contributed by atoms with Crippen LogP contribution in [0.5, 0.6) is 5.75 Å². The van der Waals surface area contributed by atoms with E-state index in [9.17, 15) is 0 Å². The van der Waals surface area contributed by atoms with Crippen molar-refractivity contribution < 1.29 is 4.74 Å². The first kappa shape index (κ1) is 9.45. The highest BCUT2D eigenvalue weighted by atomic mass is 16.5. The first-order chi connectivity index (χ1) is 7.85. The van der Waals surface area contributed by atoms with E-state index in [1.165, 1.54) is 0 Å². The van der Waals surface area contributed by atoms with Gasteiger partial charge in [0.25, 0.3) is 0 Å². The maximum Gasteiger partial charge on any atom is 0.223 e. The number of rotatable bonds is 3. The SMILES string of the molecule is COc1[c]cc(C2(C3CC3)N=NN=N2)cc1. The van der Waals surface area contributed by atoms with Crippen LogP contribution >= 0.6 is 0 Å². The average molecular weight is 215 g/mol. The number of ether oxygens (including phenoxy) is 1. The molecule has 1 heterocycles. The number of nitrogens with zero attached hydrogens (tertiary/aromatic N) is 4. The molecule has 1 radical (unpaired) electrons. The molecule has 5 heteroatoms. The Labute approximate surface area is 93.2 Å². The third-order valence-corrected chi connectivity index (χ3v) is 3.01. The van der Waals surface area contributed by atoms with Crippen molar-refractivity contribution in [3.05, 3.63) is 29.8 Å². The van der Waals surface area contributed by atoms with E-state index in [0.29, 0.717) is 11.7 Å². The fourth-order valence-corrected chi connectivity index (χ4v) is 1.96. The molecule has 1 saturated carbocycles. The molecule has 3 rings (SSSR count). The van der Waals surface area contributed by atoms with E-state index < -0.39 is 5.66 Å². The van der Waals surface area contributed by atoms with Gasteiger partial charge in [-0.3, -0.25) is 0 Å². The third kappa shape index (κ3) is 1.31. The van der Waals surface area contributed by atoms with Crippen LogP contribution in [0.3, 0.4) is 0 Å². The molecule has 0 saturated heterocycles. The molecule has 0 aromatic heterocycles. The maximum atomic E-state index is 5.08. The van der Waals surface area contributed by atoms with Gasteiger partial charge in [-0.05, 0) is 35.4 Å². The van der Waals surface area contributed by atoms with Crippen LogP contribution in [-0.4, -0.2) is 7.11 Å². The lowest BCUT2D eigenvalue weighted by atomic mass is 9.96. The molecule has 1 aromatic rings. The smallest absolute Gasteiger partial charge is 0.223 e. The van der Waals surface area contributed by atoms with Gasteiger partial charge in [0.05, 0.1) is 7.11 Å². The van der Waals surface area contributed by atoms with E-state index in [2.05, 4.69) is 26.7 Å². The summed E-state index contributed by atoms with van der Waals surface area (Å²) in [6, 6.07) is 8.73. The topological polar surface area (TPSA) is 58.7 Å². The Bertz CT molecular complexity index is 436. The van der Waals surface area contributed by atoms with Crippen molar-refractivity contribution in [1.29, 1.82) is 0 Å². The quantitative estimate of drug-likeness (QED) is 0.764. The molecule has 0 amide bonds. The van der Waals surface area contributed by atoms with Crippen molar-refractivity contribution in [2.75, 3.05) is 7.11 Å². The molecule has 81 valence electrons. The summed E-state index contributed by atoms with van der Waals surface area (Å²) >= 11 is 0. The minimum atomic E-state index is -0.581. The third-order valence-electron chi connectivity index (χ3n) is 3.01. The fraction of sp³-hybridized carbons (Fsp3) is 0.455. The van der Waals surface area contributed by atoms with Crippen LogP contribution in [-0.2, 0) is 5.66 Å². The van der Waals surface area contributed by atoms with Gasteiger partial charge in [-0.25, -0.2) is 0 Å². The summed E-state index contributed by atoms with van der Waals surface area (Å²) in [6.07, 6.45) is 2.26. The van der Waals surface area contributed by atoms with Crippen LogP contribution in [0.15, 0.2) is 38.9 Å². The van der Waals surface area contributed by atoms with Crippen LogP contribution in [0.2, 0.25) is 0 Å². The zero-order valence-corrected chi connectivity index (χ0v) is 8.92. The van der Waals surface area contributed by atoms with Crippen molar-refractivity contribution in [2.45, 2.75) is 18.5 Å². The van der Waals surface area contributed by atoms with E-state index in [4.69, 9.17) is 4.74 Å². The molecule has 1 aliphatic heterocycles. The monoisotopic (exact) mass is 215 g/mol. The van der Waals surface area contributed by atoms with E-state index in [1.54, 1.807) is 7.11 Å². The lowest BCUT2D eigenvalue weighted by molar-refractivity contribution is 0.396. The van der Waals surface area contributed by atoms with Crippen LogP contribution in [0.4, 0.5) is 0 Å². The van der Waals surface area contributed by atoms with Gasteiger partial charge in [0.15, 0.2) is 0 Å². The van der Waals surface area contributed by atoms with Gasteiger partial charge >= 0.3 is 0 Å². The number of hydrogen-bond acceptors (Lipinski definition) is 5. The van der Waals surface area contributed by atoms with Crippen molar-refractivity contribution in [3.63, 3.8) is 0 Å². The van der Waals surface area contributed by atoms with Crippen LogP contribution < -0.4 is 4.74 Å². The van der Waals surface area contributed by atoms with Gasteiger partial charge in [-0.1, -0.05) is 6.07 Å². The van der Waals surface area contributed by atoms with Crippen LogP contribution in [0.1, 0.15) is 18.4 Å². The lowest BCUT2D eigenvalue weighted by Gasteiger charge is -2.19. The Balaban J connectivity index is 2.00. The average Bonchev–Trinajstić information content (AvgIpc) is 3.09. The summed E-state index contributed by atoms with van der Waals surface area (Å²) in [5, 5.41) is 15.7. The van der Waals surface area contributed by atoms with Gasteiger partial charge in [0, 0.05) is 17.5 Å². The minimum Gasteiger partial charge on any atom is -0.496 e. The van der Waals surface area contributed by atoms with Crippen molar-refractivity contribution in [3.8, 4) is 5.75 Å². The summed E-state index contributed by atoms with van der Waals surface area (Å²) in [6.45, 7) is 0. The van der Waals surface area contributed by atoms with E-state index in [1.807, 2.05) is 18.2 Å². The molecule has 0 N–H and O–H groups in total. The van der Waals surface area contributed by atoms with E-state index in [-0.39, 0.29) is 0 Å². The molecule has 2 aliphatic rings. The van der Waals surface area contributed by atoms with E-state index in [0.717, 1.165) is 18.4 Å². The molecular weight excluding hydrogens is 204 g/mol. The second kappa shape index (κ2) is 3.37. The van der Waals surface area contributed by atoms with Crippen LogP contribution in [0, 0.1) is 12.0 Å². The zero-order valence-electron chi connectivity index (χ0n) is 8.92. The van der Waals surface area contributed by atoms with Crippen molar-refractivity contribution in [2.24, 2.45) is 26.6 Å². The standard InChI is InChI=1S/C11H11N4O/c1-16-10-6-4-9(5-7-10)11(8-2-3-8)12-14-15-13-11/h4-6,8H,2-3H2,1H3. The molecule has 0 unspecified atom stereocenters. The molecule has 5 nitrogen and oxygen atoms in total. The van der Waals surface area contributed by atoms with Gasteiger partial charge in [0.2, 0.25) is 5.66 Å². The molecular formula is C11H11N4O. The van der Waals surface area contributed by atoms with Crippen molar-refractivity contribution >= 4 is 0 Å². The summed E-state index contributed by atoms with van der Waals surface area (Å²) in [7, 11) is 1.62. The second-order valence-corrected chi connectivity index (χ2v) is 4.03. The highest BCUT2D eigenvalue weighted by Gasteiger charge is 2.49. The molecule has 0 atom stereocenters. The van der Waals surface area contributed by atoms with E-state index >= 15 is 0 Å². The number of benzene rings is 1. The summed E-state index contributed by atoms with van der Waals surface area (Å²) in [4.78, 5) is 0. The Kier molecular flexibility index (Phi) is 1.99. The molecule has 0 spiro atoms. The number of methoxy groups -OCH3 is 1. The Morgan fingerprint density at radius 1 is 1.31 bits per heavy atom. The summed E-state index contributed by atoms with van der Waals surface area (Å²) in [5.41, 5.74) is 0.406. The lowest BCUT2D eigenvalue weighted by Crippen LogP contribution is -2.21. The highest BCUT2D eigenvalue weighted by molar-refractivity contribution is 5.32. The highest BCUT2D eigenvalue weighted by Crippen LogP contribution is 2.51. The maximum absolute atomic E-state index is 5.08. The predicted octanol–water partition coefficient (Wildman–Crippen LogP) is 2.89. The predicted molar refractivity (Wildman–Crippen MR) is 55.9 cm³/mol. The Hall–Kier alpha value is -1.78. The normalized spacial score (nSPS) is 21.3. The van der Waals surface area contributed by atoms with Crippen molar-refractivity contribution in [1.82, 2.24) is 0 Å². The van der Waals surface area contributed by atoms with Gasteiger partial charge < -0.3 is 4.74 Å². The van der Waals surface area contributed by atoms with Gasteiger partial charge in [0.1, 0.15) is 5.75 Å². The Morgan fingerprint density at radius 3 is 2.56 bits per heavy atom. The fourth-order valence-electron chi connectivity index (χ4n) is 1.96. The van der Waals surface area contributed by atoms with Crippen LogP contribution in [0.25, 0.3) is 0 Å². The minimum absolute atomic E-state index is 0.435. The largest absolute Gasteiger partial charge is 0.496 e. The molecule has 1 aliphatic carbocycles. The first-order valence-electron chi connectivity index (χ1n) is 5.25. The number of hydrogen-bond donors (Lipinski definition) is 0. The zero-order chi connectivity index (χ0) is 11.0. The molecule has 1 fully saturated rings. The summed E-state index contributed by atoms with van der Waals surface area (Å²) in [5.74, 6) is 1.14. The second-order valence-electron chi connectivity index (χ2n) is 4.03. The molecule has 0 bridgehead atoms. The van der Waals surface area contributed by atoms with Gasteiger partial charge in [-0.2, -0.15) is 0 Å². The Morgan fingerprint density at radius 2 is 2.06 bits per heavy atom. The molecule has 16 heavy (non-hydrogen) atoms.